The SMILES string of the molecule is Cc1oncc1C(=O)N[C@@H]1CN(c2nncs2)C[C@@H]2CCCO[C@@H]21. The van der Waals surface area contributed by atoms with Crippen LogP contribution in [0.2, 0.25) is 0 Å². The van der Waals surface area contributed by atoms with Gasteiger partial charge in [-0.25, -0.2) is 0 Å². The number of piperidine rings is 1. The van der Waals surface area contributed by atoms with Crippen molar-refractivity contribution in [3.63, 3.8) is 0 Å². The van der Waals surface area contributed by atoms with Crippen molar-refractivity contribution in [1.29, 1.82) is 0 Å². The first kappa shape index (κ1) is 15.5. The van der Waals surface area contributed by atoms with Gasteiger partial charge in [0.05, 0.1) is 18.3 Å². The Bertz CT molecular complexity index is 704. The van der Waals surface area contributed by atoms with Gasteiger partial charge in [-0.1, -0.05) is 16.5 Å². The Morgan fingerprint density at radius 2 is 2.38 bits per heavy atom. The van der Waals surface area contributed by atoms with E-state index in [2.05, 4.69) is 25.6 Å². The smallest absolute Gasteiger partial charge is 0.256 e. The number of ether oxygens (including phenoxy) is 1. The largest absolute Gasteiger partial charge is 0.376 e. The highest BCUT2D eigenvalue weighted by molar-refractivity contribution is 7.13. The third-order valence-corrected chi connectivity index (χ3v) is 5.44. The monoisotopic (exact) mass is 349 g/mol. The Kier molecular flexibility index (Phi) is 4.19. The van der Waals surface area contributed by atoms with Crippen molar-refractivity contribution >= 4 is 22.4 Å². The molecule has 0 saturated carbocycles. The van der Waals surface area contributed by atoms with Crippen molar-refractivity contribution in [3.8, 4) is 0 Å². The second-order valence-electron chi connectivity index (χ2n) is 6.24. The first-order chi connectivity index (χ1) is 11.7. The summed E-state index contributed by atoms with van der Waals surface area (Å²) in [5, 5.41) is 15.8. The lowest BCUT2D eigenvalue weighted by Crippen LogP contribution is -2.61. The number of hydrogen-bond acceptors (Lipinski definition) is 8. The molecule has 3 atom stereocenters. The van der Waals surface area contributed by atoms with Crippen LogP contribution in [-0.2, 0) is 4.74 Å². The molecule has 2 aliphatic heterocycles. The Balaban J connectivity index is 1.54. The van der Waals surface area contributed by atoms with Crippen molar-refractivity contribution in [2.75, 3.05) is 24.6 Å². The summed E-state index contributed by atoms with van der Waals surface area (Å²) in [7, 11) is 0. The fourth-order valence-corrected chi connectivity index (χ4v) is 4.14. The fourth-order valence-electron chi connectivity index (χ4n) is 3.56. The molecular formula is C15H19N5O3S. The Labute approximate surface area is 143 Å². The maximum Gasteiger partial charge on any atom is 0.256 e. The number of aromatic nitrogens is 3. The zero-order valence-corrected chi connectivity index (χ0v) is 14.2. The van der Waals surface area contributed by atoms with E-state index in [-0.39, 0.29) is 18.1 Å². The maximum atomic E-state index is 12.6. The number of nitrogens with zero attached hydrogens (tertiary/aromatic N) is 4. The number of hydrogen-bond donors (Lipinski definition) is 1. The molecule has 8 nitrogen and oxygen atoms in total. The molecule has 0 bridgehead atoms. The predicted molar refractivity (Wildman–Crippen MR) is 87.1 cm³/mol. The van der Waals surface area contributed by atoms with E-state index in [1.807, 2.05) is 0 Å². The number of anilines is 1. The van der Waals surface area contributed by atoms with Crippen LogP contribution in [-0.4, -0.2) is 53.1 Å². The average molecular weight is 349 g/mol. The topological polar surface area (TPSA) is 93.4 Å². The molecular weight excluding hydrogens is 330 g/mol. The number of carbonyl (C=O) groups is 1. The lowest BCUT2D eigenvalue weighted by molar-refractivity contribution is -0.0521. The summed E-state index contributed by atoms with van der Waals surface area (Å²) in [4.78, 5) is 14.7. The molecule has 9 heteroatoms. The van der Waals surface area contributed by atoms with Crippen LogP contribution < -0.4 is 10.2 Å². The molecule has 0 unspecified atom stereocenters. The molecule has 128 valence electrons. The number of rotatable bonds is 3. The third kappa shape index (κ3) is 2.89. The number of carbonyl (C=O) groups excluding carboxylic acids is 1. The molecule has 0 radical (unpaired) electrons. The minimum absolute atomic E-state index is 0.0343. The molecule has 2 aromatic rings. The van der Waals surface area contributed by atoms with Gasteiger partial charge in [-0.15, -0.1) is 10.2 Å². The van der Waals surface area contributed by atoms with Crippen molar-refractivity contribution in [2.45, 2.75) is 31.9 Å². The lowest BCUT2D eigenvalue weighted by Gasteiger charge is -2.45. The van der Waals surface area contributed by atoms with E-state index in [9.17, 15) is 4.79 Å². The highest BCUT2D eigenvalue weighted by Gasteiger charge is 2.41. The summed E-state index contributed by atoms with van der Waals surface area (Å²) in [6, 6.07) is -0.102. The van der Waals surface area contributed by atoms with Crippen LogP contribution in [0.5, 0.6) is 0 Å². The van der Waals surface area contributed by atoms with E-state index in [1.165, 1.54) is 17.5 Å². The summed E-state index contributed by atoms with van der Waals surface area (Å²) in [6.07, 6.45) is 3.64. The second-order valence-corrected chi connectivity index (χ2v) is 7.05. The van der Waals surface area contributed by atoms with Gasteiger partial charge in [0.1, 0.15) is 16.8 Å². The second kappa shape index (κ2) is 6.48. The van der Waals surface area contributed by atoms with Crippen molar-refractivity contribution in [2.24, 2.45) is 5.92 Å². The molecule has 2 saturated heterocycles. The van der Waals surface area contributed by atoms with Crippen LogP contribution >= 0.6 is 11.3 Å². The van der Waals surface area contributed by atoms with Crippen LogP contribution in [0.1, 0.15) is 29.0 Å². The molecule has 0 aromatic carbocycles. The number of aryl methyl sites for hydroxylation is 1. The van der Waals surface area contributed by atoms with Crippen LogP contribution in [0.4, 0.5) is 5.13 Å². The molecule has 4 rings (SSSR count). The number of amides is 1. The average Bonchev–Trinajstić information content (AvgIpc) is 3.26. The highest BCUT2D eigenvalue weighted by Crippen LogP contribution is 2.31. The molecule has 2 fully saturated rings. The van der Waals surface area contributed by atoms with Gasteiger partial charge in [0.25, 0.3) is 5.91 Å². The third-order valence-electron chi connectivity index (χ3n) is 4.69. The quantitative estimate of drug-likeness (QED) is 0.891. The number of fused-ring (bicyclic) bond motifs is 1. The minimum Gasteiger partial charge on any atom is -0.376 e. The Morgan fingerprint density at radius 3 is 3.12 bits per heavy atom. The van der Waals surface area contributed by atoms with Crippen molar-refractivity contribution in [1.82, 2.24) is 20.7 Å². The van der Waals surface area contributed by atoms with E-state index in [0.29, 0.717) is 23.8 Å². The van der Waals surface area contributed by atoms with Crippen LogP contribution in [0, 0.1) is 12.8 Å². The van der Waals surface area contributed by atoms with Crippen LogP contribution in [0.25, 0.3) is 0 Å². The molecule has 2 aromatic heterocycles. The lowest BCUT2D eigenvalue weighted by atomic mass is 9.85. The van der Waals surface area contributed by atoms with E-state index in [1.54, 1.807) is 12.4 Å². The highest BCUT2D eigenvalue weighted by atomic mass is 32.1. The summed E-state index contributed by atoms with van der Waals surface area (Å²) in [5.41, 5.74) is 2.20. The van der Waals surface area contributed by atoms with Crippen molar-refractivity contribution < 1.29 is 14.1 Å². The van der Waals surface area contributed by atoms with Crippen LogP contribution in [0.15, 0.2) is 16.2 Å². The van der Waals surface area contributed by atoms with Gasteiger partial charge in [0.15, 0.2) is 0 Å². The molecule has 0 spiro atoms. The van der Waals surface area contributed by atoms with Gasteiger partial charge >= 0.3 is 0 Å². The maximum absolute atomic E-state index is 12.6. The molecule has 0 aliphatic carbocycles. The molecule has 4 heterocycles. The van der Waals surface area contributed by atoms with Gasteiger partial charge in [-0.05, 0) is 19.8 Å². The molecule has 24 heavy (non-hydrogen) atoms. The van der Waals surface area contributed by atoms with Gasteiger partial charge < -0.3 is 19.5 Å². The summed E-state index contributed by atoms with van der Waals surface area (Å²) < 4.78 is 11.0. The zero-order chi connectivity index (χ0) is 16.5. The zero-order valence-electron chi connectivity index (χ0n) is 13.3. The van der Waals surface area contributed by atoms with E-state index in [0.717, 1.165) is 31.1 Å². The van der Waals surface area contributed by atoms with Gasteiger partial charge in [0, 0.05) is 25.6 Å². The van der Waals surface area contributed by atoms with Gasteiger partial charge in [-0.3, -0.25) is 4.79 Å². The number of nitrogens with one attached hydrogen (secondary N) is 1. The first-order valence-corrected chi connectivity index (χ1v) is 8.95. The first-order valence-electron chi connectivity index (χ1n) is 8.07. The normalized spacial score (nSPS) is 26.9. The van der Waals surface area contributed by atoms with Gasteiger partial charge in [0.2, 0.25) is 5.13 Å². The summed E-state index contributed by atoms with van der Waals surface area (Å²) >= 11 is 1.52. The standard InChI is InChI=1S/C15H19N5O3S/c1-9-11(5-17-23-9)14(21)18-12-7-20(15-19-16-8-24-15)6-10-3-2-4-22-13(10)12/h5,8,10,12-13H,2-4,6-7H2,1H3,(H,18,21)/t10-,12+,13-/m0/s1. The van der Waals surface area contributed by atoms with E-state index < -0.39 is 0 Å². The molecule has 2 aliphatic rings. The predicted octanol–water partition coefficient (Wildman–Crippen LogP) is 1.25. The van der Waals surface area contributed by atoms with E-state index >= 15 is 0 Å². The Morgan fingerprint density at radius 1 is 1.46 bits per heavy atom. The van der Waals surface area contributed by atoms with Crippen LogP contribution in [0.3, 0.4) is 0 Å². The Hall–Kier alpha value is -2.00. The fraction of sp³-hybridized carbons (Fsp3) is 0.600. The molecule has 1 amide bonds. The molecule has 1 N–H and O–H groups in total. The summed E-state index contributed by atoms with van der Waals surface area (Å²) in [6.45, 7) is 4.03. The van der Waals surface area contributed by atoms with Gasteiger partial charge in [-0.2, -0.15) is 0 Å². The summed E-state index contributed by atoms with van der Waals surface area (Å²) in [5.74, 6) is 0.724. The van der Waals surface area contributed by atoms with E-state index in [4.69, 9.17) is 9.26 Å². The minimum atomic E-state index is -0.175. The van der Waals surface area contributed by atoms with Crippen molar-refractivity contribution in [3.05, 3.63) is 23.0 Å².